The van der Waals surface area contributed by atoms with E-state index in [-0.39, 0.29) is 24.1 Å². The maximum absolute atomic E-state index is 12.3. The van der Waals surface area contributed by atoms with Gasteiger partial charge in [-0.25, -0.2) is 4.79 Å². The maximum Gasteiger partial charge on any atom is 0.319 e. The van der Waals surface area contributed by atoms with Crippen molar-refractivity contribution < 1.29 is 14.3 Å². The third-order valence-electron chi connectivity index (χ3n) is 4.84. The van der Waals surface area contributed by atoms with Crippen LogP contribution in [-0.2, 0) is 4.74 Å². The predicted molar refractivity (Wildman–Crippen MR) is 96.8 cm³/mol. The summed E-state index contributed by atoms with van der Waals surface area (Å²) in [6.45, 7) is 1.30. The second-order valence-corrected chi connectivity index (χ2v) is 6.86. The molecule has 0 radical (unpaired) electrons. The summed E-state index contributed by atoms with van der Waals surface area (Å²) in [5.41, 5.74) is 1.16. The quantitative estimate of drug-likeness (QED) is 0.767. The molecule has 1 aliphatic carbocycles. The van der Waals surface area contributed by atoms with Gasteiger partial charge < -0.3 is 20.7 Å². The molecule has 1 aliphatic heterocycles. The molecule has 2 aliphatic rings. The summed E-state index contributed by atoms with van der Waals surface area (Å²) in [6, 6.07) is 7.06. The van der Waals surface area contributed by atoms with Crippen molar-refractivity contribution in [3.05, 3.63) is 29.8 Å². The van der Waals surface area contributed by atoms with E-state index in [9.17, 15) is 9.59 Å². The molecule has 1 aromatic carbocycles. The first-order valence-electron chi connectivity index (χ1n) is 9.28. The predicted octanol–water partition coefficient (Wildman–Crippen LogP) is 3.05. The lowest BCUT2D eigenvalue weighted by Gasteiger charge is -2.22. The first-order chi connectivity index (χ1) is 12.2. The van der Waals surface area contributed by atoms with Gasteiger partial charge in [-0.15, -0.1) is 0 Å². The van der Waals surface area contributed by atoms with Gasteiger partial charge in [-0.2, -0.15) is 0 Å². The zero-order chi connectivity index (χ0) is 17.5. The van der Waals surface area contributed by atoms with Crippen LogP contribution in [0.25, 0.3) is 0 Å². The normalized spacial score (nSPS) is 20.9. The minimum Gasteiger partial charge on any atom is -0.376 e. The van der Waals surface area contributed by atoms with Crippen molar-refractivity contribution in [3.63, 3.8) is 0 Å². The van der Waals surface area contributed by atoms with Gasteiger partial charge in [0.25, 0.3) is 5.91 Å². The molecule has 2 fully saturated rings. The van der Waals surface area contributed by atoms with Crippen LogP contribution >= 0.6 is 0 Å². The van der Waals surface area contributed by atoms with Gasteiger partial charge >= 0.3 is 6.03 Å². The largest absolute Gasteiger partial charge is 0.376 e. The van der Waals surface area contributed by atoms with E-state index in [1.54, 1.807) is 24.3 Å². The topological polar surface area (TPSA) is 79.5 Å². The van der Waals surface area contributed by atoms with Gasteiger partial charge in [-0.05, 0) is 43.9 Å². The molecule has 1 saturated carbocycles. The molecule has 6 nitrogen and oxygen atoms in total. The minimum absolute atomic E-state index is 0.117. The Hall–Kier alpha value is -2.08. The van der Waals surface area contributed by atoms with Crippen LogP contribution in [0.1, 0.15) is 55.3 Å². The molecule has 136 valence electrons. The first kappa shape index (κ1) is 17.7. The Morgan fingerprint density at radius 1 is 1.08 bits per heavy atom. The van der Waals surface area contributed by atoms with Crippen molar-refractivity contribution >= 4 is 17.6 Å². The molecule has 6 heteroatoms. The highest BCUT2D eigenvalue weighted by Gasteiger charge is 2.18. The molecular weight excluding hydrogens is 318 g/mol. The summed E-state index contributed by atoms with van der Waals surface area (Å²) in [4.78, 5) is 24.4. The molecular formula is C19H27N3O3. The molecule has 3 amide bonds. The van der Waals surface area contributed by atoms with Crippen LogP contribution in [0.3, 0.4) is 0 Å². The molecule has 0 unspecified atom stereocenters. The molecule has 0 spiro atoms. The highest BCUT2D eigenvalue weighted by atomic mass is 16.5. The monoisotopic (exact) mass is 345 g/mol. The molecule has 25 heavy (non-hydrogen) atoms. The summed E-state index contributed by atoms with van der Waals surface area (Å²) in [5, 5.41) is 8.73. The van der Waals surface area contributed by atoms with E-state index < -0.39 is 0 Å². The third-order valence-corrected chi connectivity index (χ3v) is 4.84. The molecule has 3 rings (SSSR count). The van der Waals surface area contributed by atoms with Gasteiger partial charge in [0.05, 0.1) is 6.10 Å². The Balaban J connectivity index is 1.49. The first-order valence-corrected chi connectivity index (χ1v) is 9.28. The van der Waals surface area contributed by atoms with Gasteiger partial charge in [-0.1, -0.05) is 25.3 Å². The maximum atomic E-state index is 12.3. The molecule has 1 atom stereocenters. The summed E-state index contributed by atoms with van der Waals surface area (Å²) in [7, 11) is 0. The lowest BCUT2D eigenvalue weighted by molar-refractivity contribution is 0.0858. The number of benzene rings is 1. The van der Waals surface area contributed by atoms with E-state index in [2.05, 4.69) is 16.0 Å². The molecule has 0 bridgehead atoms. The van der Waals surface area contributed by atoms with E-state index >= 15 is 0 Å². The van der Waals surface area contributed by atoms with E-state index in [1.807, 2.05) is 0 Å². The van der Waals surface area contributed by atoms with E-state index in [1.165, 1.54) is 19.3 Å². The smallest absolute Gasteiger partial charge is 0.319 e. The van der Waals surface area contributed by atoms with Crippen LogP contribution in [0.15, 0.2) is 24.3 Å². The lowest BCUT2D eigenvalue weighted by atomic mass is 9.96. The van der Waals surface area contributed by atoms with Gasteiger partial charge in [0.15, 0.2) is 0 Å². The summed E-state index contributed by atoms with van der Waals surface area (Å²) in [6.07, 6.45) is 7.84. The van der Waals surface area contributed by atoms with Crippen molar-refractivity contribution in [1.82, 2.24) is 10.6 Å². The van der Waals surface area contributed by atoms with Crippen LogP contribution in [0.5, 0.6) is 0 Å². The molecule has 3 N–H and O–H groups in total. The minimum atomic E-state index is -0.205. The fourth-order valence-corrected chi connectivity index (χ4v) is 3.45. The van der Waals surface area contributed by atoms with E-state index in [4.69, 9.17) is 4.74 Å². The van der Waals surface area contributed by atoms with Crippen molar-refractivity contribution in [3.8, 4) is 0 Å². The van der Waals surface area contributed by atoms with Gasteiger partial charge in [0.1, 0.15) is 0 Å². The number of carbonyl (C=O) groups is 2. The fraction of sp³-hybridized carbons (Fsp3) is 0.579. The summed E-state index contributed by atoms with van der Waals surface area (Å²) < 4.78 is 5.51. The Labute approximate surface area is 148 Å². The lowest BCUT2D eigenvalue weighted by Crippen LogP contribution is -2.39. The molecule has 1 saturated heterocycles. The highest BCUT2D eigenvalue weighted by Crippen LogP contribution is 2.18. The number of anilines is 1. The second kappa shape index (κ2) is 8.85. The SMILES string of the molecule is O=C(Nc1cccc(C(=O)NC[C@H]2CCCO2)c1)NC1CCCCC1. The number of carbonyl (C=O) groups excluding carboxylic acids is 2. The Morgan fingerprint density at radius 3 is 2.68 bits per heavy atom. The zero-order valence-corrected chi connectivity index (χ0v) is 14.6. The van der Waals surface area contributed by atoms with Crippen molar-refractivity contribution in [1.29, 1.82) is 0 Å². The van der Waals surface area contributed by atoms with Crippen molar-refractivity contribution in [2.45, 2.75) is 57.1 Å². The fourth-order valence-electron chi connectivity index (χ4n) is 3.45. The van der Waals surface area contributed by atoms with Crippen molar-refractivity contribution in [2.24, 2.45) is 0 Å². The van der Waals surface area contributed by atoms with Crippen LogP contribution in [0, 0.1) is 0 Å². The van der Waals surface area contributed by atoms with Crippen LogP contribution < -0.4 is 16.0 Å². The van der Waals surface area contributed by atoms with E-state index in [0.29, 0.717) is 17.8 Å². The van der Waals surface area contributed by atoms with Gasteiger partial charge in [0, 0.05) is 30.4 Å². The Morgan fingerprint density at radius 2 is 1.92 bits per heavy atom. The second-order valence-electron chi connectivity index (χ2n) is 6.86. The van der Waals surface area contributed by atoms with Crippen LogP contribution in [0.4, 0.5) is 10.5 Å². The summed E-state index contributed by atoms with van der Waals surface area (Å²) in [5.74, 6) is -0.146. The third kappa shape index (κ3) is 5.46. The number of ether oxygens (including phenoxy) is 1. The highest BCUT2D eigenvalue weighted by molar-refractivity contribution is 5.96. The number of rotatable bonds is 5. The number of amides is 3. The molecule has 0 aromatic heterocycles. The van der Waals surface area contributed by atoms with Gasteiger partial charge in [0.2, 0.25) is 0 Å². The number of hydrogen-bond donors (Lipinski definition) is 3. The molecule has 1 heterocycles. The average Bonchev–Trinajstić information content (AvgIpc) is 3.14. The van der Waals surface area contributed by atoms with Crippen LogP contribution in [0.2, 0.25) is 0 Å². The Bertz CT molecular complexity index is 593. The van der Waals surface area contributed by atoms with E-state index in [0.717, 1.165) is 32.3 Å². The van der Waals surface area contributed by atoms with Crippen molar-refractivity contribution in [2.75, 3.05) is 18.5 Å². The molecule has 1 aromatic rings. The van der Waals surface area contributed by atoms with Gasteiger partial charge in [-0.3, -0.25) is 4.79 Å². The zero-order valence-electron chi connectivity index (χ0n) is 14.6. The standard InChI is InChI=1S/C19H27N3O3/c23-18(20-13-17-10-5-11-25-17)14-6-4-9-16(12-14)22-19(24)21-15-7-2-1-3-8-15/h4,6,9,12,15,17H,1-3,5,7-8,10-11,13H2,(H,20,23)(H2,21,22,24)/t17-/m1/s1. The average molecular weight is 345 g/mol. The summed E-state index contributed by atoms with van der Waals surface area (Å²) >= 11 is 0. The number of nitrogens with one attached hydrogen (secondary N) is 3. The number of hydrogen-bond acceptors (Lipinski definition) is 3. The Kier molecular flexibility index (Phi) is 6.28. The number of urea groups is 1. The van der Waals surface area contributed by atoms with Crippen LogP contribution in [-0.4, -0.2) is 37.2 Å².